The summed E-state index contributed by atoms with van der Waals surface area (Å²) in [5.41, 5.74) is 0.905. The quantitative estimate of drug-likeness (QED) is 0.760. The predicted molar refractivity (Wildman–Crippen MR) is 74.4 cm³/mol. The summed E-state index contributed by atoms with van der Waals surface area (Å²) in [4.78, 5) is 14.1. The molecule has 0 bridgehead atoms. The van der Waals surface area contributed by atoms with E-state index in [4.69, 9.17) is 0 Å². The number of carbonyl (C=O) groups excluding carboxylic acids is 1. The van der Waals surface area contributed by atoms with Crippen LogP contribution >= 0.6 is 0 Å². The topological polar surface area (TPSA) is 32.3 Å². The van der Waals surface area contributed by atoms with Crippen molar-refractivity contribution in [2.24, 2.45) is 5.92 Å². The van der Waals surface area contributed by atoms with E-state index in [0.29, 0.717) is 6.04 Å². The molecule has 2 rings (SSSR count). The molecular formula is C15H26N2O. The van der Waals surface area contributed by atoms with Crippen LogP contribution in [0.3, 0.4) is 0 Å². The van der Waals surface area contributed by atoms with Crippen molar-refractivity contribution in [3.05, 3.63) is 11.6 Å². The van der Waals surface area contributed by atoms with Gasteiger partial charge in [-0.1, -0.05) is 13.0 Å². The number of nitrogens with one attached hydrogen (secondary N) is 1. The first-order chi connectivity index (χ1) is 8.70. The zero-order valence-electron chi connectivity index (χ0n) is 11.7. The molecule has 2 fully saturated rings. The van der Waals surface area contributed by atoms with Crippen molar-refractivity contribution in [3.8, 4) is 0 Å². The van der Waals surface area contributed by atoms with E-state index < -0.39 is 0 Å². The number of allylic oxidation sites excluding steroid dienone is 1. The normalized spacial score (nSPS) is 22.3. The van der Waals surface area contributed by atoms with E-state index in [9.17, 15) is 4.79 Å². The van der Waals surface area contributed by atoms with E-state index in [1.54, 1.807) is 0 Å². The van der Waals surface area contributed by atoms with Crippen LogP contribution in [-0.2, 0) is 4.79 Å². The molecule has 1 saturated heterocycles. The van der Waals surface area contributed by atoms with Crippen LogP contribution < -0.4 is 5.32 Å². The van der Waals surface area contributed by atoms with Crippen molar-refractivity contribution in [1.82, 2.24) is 10.2 Å². The Morgan fingerprint density at radius 3 is 2.50 bits per heavy atom. The lowest BCUT2D eigenvalue weighted by Crippen LogP contribution is -2.45. The van der Waals surface area contributed by atoms with Crippen LogP contribution in [-0.4, -0.2) is 36.5 Å². The molecule has 3 nitrogen and oxygen atoms in total. The Labute approximate surface area is 111 Å². The monoisotopic (exact) mass is 250 g/mol. The van der Waals surface area contributed by atoms with Gasteiger partial charge in [0.1, 0.15) is 0 Å². The molecular weight excluding hydrogens is 224 g/mol. The van der Waals surface area contributed by atoms with Crippen LogP contribution in [0.15, 0.2) is 11.6 Å². The van der Waals surface area contributed by atoms with Crippen LogP contribution in [0.25, 0.3) is 0 Å². The fourth-order valence-corrected chi connectivity index (χ4v) is 2.58. The number of likely N-dealkylation sites (tertiary alicyclic amines) is 1. The summed E-state index contributed by atoms with van der Waals surface area (Å²) in [7, 11) is 0. The molecule has 1 amide bonds. The molecule has 18 heavy (non-hydrogen) atoms. The van der Waals surface area contributed by atoms with E-state index in [2.05, 4.69) is 12.2 Å². The molecule has 1 saturated carbocycles. The van der Waals surface area contributed by atoms with Crippen molar-refractivity contribution >= 4 is 5.91 Å². The number of carbonyl (C=O) groups is 1. The maximum absolute atomic E-state index is 12.1. The average Bonchev–Trinajstić information content (AvgIpc) is 3.20. The molecule has 1 N–H and O–H groups in total. The largest absolute Gasteiger partial charge is 0.339 e. The van der Waals surface area contributed by atoms with E-state index in [-0.39, 0.29) is 5.91 Å². The standard InChI is InChI=1S/C15H26N2O/c1-3-4-12(2)15(18)17-9-7-14(8-10-17)16-11-13-5-6-13/h4,13-14,16H,3,5-11H2,1-2H3/b12-4-. The smallest absolute Gasteiger partial charge is 0.249 e. The van der Waals surface area contributed by atoms with Gasteiger partial charge in [-0.3, -0.25) is 4.79 Å². The van der Waals surface area contributed by atoms with Crippen LogP contribution in [0, 0.1) is 5.92 Å². The third kappa shape index (κ3) is 3.84. The highest BCUT2D eigenvalue weighted by molar-refractivity contribution is 5.92. The lowest BCUT2D eigenvalue weighted by atomic mass is 10.0. The highest BCUT2D eigenvalue weighted by Crippen LogP contribution is 2.28. The van der Waals surface area contributed by atoms with E-state index in [1.807, 2.05) is 17.9 Å². The predicted octanol–water partition coefficient (Wildman–Crippen LogP) is 2.33. The van der Waals surface area contributed by atoms with Crippen LogP contribution in [0.5, 0.6) is 0 Å². The molecule has 3 heteroatoms. The second-order valence-corrected chi connectivity index (χ2v) is 5.71. The SMILES string of the molecule is CC/C=C(/C)C(=O)N1CCC(NCC2CC2)CC1. The zero-order valence-corrected chi connectivity index (χ0v) is 11.7. The third-order valence-electron chi connectivity index (χ3n) is 4.02. The van der Waals surface area contributed by atoms with Gasteiger partial charge in [0.25, 0.3) is 0 Å². The Morgan fingerprint density at radius 1 is 1.28 bits per heavy atom. The van der Waals surface area contributed by atoms with Gasteiger partial charge in [-0.05, 0) is 51.5 Å². The molecule has 2 aliphatic rings. The molecule has 0 aromatic carbocycles. The number of piperidine rings is 1. The Kier molecular flexibility index (Phi) is 4.81. The minimum absolute atomic E-state index is 0.234. The lowest BCUT2D eigenvalue weighted by molar-refractivity contribution is -0.128. The van der Waals surface area contributed by atoms with Crippen molar-refractivity contribution in [2.45, 2.75) is 52.0 Å². The van der Waals surface area contributed by atoms with Gasteiger partial charge >= 0.3 is 0 Å². The summed E-state index contributed by atoms with van der Waals surface area (Å²) in [5, 5.41) is 3.64. The summed E-state index contributed by atoms with van der Waals surface area (Å²) >= 11 is 0. The van der Waals surface area contributed by atoms with Gasteiger partial charge in [0.05, 0.1) is 0 Å². The molecule has 1 heterocycles. The zero-order chi connectivity index (χ0) is 13.0. The Hall–Kier alpha value is -0.830. The minimum Gasteiger partial charge on any atom is -0.339 e. The first kappa shape index (κ1) is 13.6. The maximum Gasteiger partial charge on any atom is 0.249 e. The number of amides is 1. The van der Waals surface area contributed by atoms with Crippen LogP contribution in [0.2, 0.25) is 0 Å². The molecule has 102 valence electrons. The first-order valence-corrected chi connectivity index (χ1v) is 7.40. The van der Waals surface area contributed by atoms with Crippen LogP contribution in [0.4, 0.5) is 0 Å². The second-order valence-electron chi connectivity index (χ2n) is 5.71. The molecule has 0 aromatic heterocycles. The summed E-state index contributed by atoms with van der Waals surface area (Å²) in [6, 6.07) is 0.630. The number of rotatable bonds is 5. The van der Waals surface area contributed by atoms with E-state index >= 15 is 0 Å². The van der Waals surface area contributed by atoms with Gasteiger partial charge in [0, 0.05) is 24.7 Å². The molecule has 0 spiro atoms. The summed E-state index contributed by atoms with van der Waals surface area (Å²) in [6.45, 7) is 7.02. The molecule has 1 aliphatic carbocycles. The van der Waals surface area contributed by atoms with Gasteiger partial charge in [0.2, 0.25) is 5.91 Å². The Balaban J connectivity index is 1.71. The van der Waals surface area contributed by atoms with Crippen LogP contribution in [0.1, 0.15) is 46.0 Å². The first-order valence-electron chi connectivity index (χ1n) is 7.40. The highest BCUT2D eigenvalue weighted by Gasteiger charge is 2.26. The van der Waals surface area contributed by atoms with Gasteiger partial charge in [0.15, 0.2) is 0 Å². The molecule has 0 unspecified atom stereocenters. The van der Waals surface area contributed by atoms with Crippen molar-refractivity contribution in [2.75, 3.05) is 19.6 Å². The lowest BCUT2D eigenvalue weighted by Gasteiger charge is -2.32. The number of hydrogen-bond donors (Lipinski definition) is 1. The fourth-order valence-electron chi connectivity index (χ4n) is 2.58. The van der Waals surface area contributed by atoms with Gasteiger partial charge in [-0.15, -0.1) is 0 Å². The van der Waals surface area contributed by atoms with Crippen molar-refractivity contribution in [3.63, 3.8) is 0 Å². The number of nitrogens with zero attached hydrogens (tertiary/aromatic N) is 1. The second kappa shape index (κ2) is 6.37. The summed E-state index contributed by atoms with van der Waals surface area (Å²) in [6.07, 6.45) is 8.00. The molecule has 1 aliphatic heterocycles. The maximum atomic E-state index is 12.1. The summed E-state index contributed by atoms with van der Waals surface area (Å²) in [5.74, 6) is 1.18. The van der Waals surface area contributed by atoms with Gasteiger partial charge in [-0.2, -0.15) is 0 Å². The highest BCUT2D eigenvalue weighted by atomic mass is 16.2. The Bertz CT molecular complexity index is 312. The number of hydrogen-bond acceptors (Lipinski definition) is 2. The molecule has 0 radical (unpaired) electrons. The Morgan fingerprint density at radius 2 is 1.94 bits per heavy atom. The van der Waals surface area contributed by atoms with Gasteiger partial charge in [-0.25, -0.2) is 0 Å². The van der Waals surface area contributed by atoms with E-state index in [0.717, 1.165) is 43.8 Å². The molecule has 0 atom stereocenters. The molecule has 0 aromatic rings. The minimum atomic E-state index is 0.234. The summed E-state index contributed by atoms with van der Waals surface area (Å²) < 4.78 is 0. The van der Waals surface area contributed by atoms with Crippen molar-refractivity contribution in [1.29, 1.82) is 0 Å². The fraction of sp³-hybridized carbons (Fsp3) is 0.800. The van der Waals surface area contributed by atoms with E-state index in [1.165, 1.54) is 19.4 Å². The third-order valence-corrected chi connectivity index (χ3v) is 4.02. The van der Waals surface area contributed by atoms with Gasteiger partial charge < -0.3 is 10.2 Å². The van der Waals surface area contributed by atoms with Crippen molar-refractivity contribution < 1.29 is 4.79 Å². The average molecular weight is 250 g/mol.